The third-order valence-corrected chi connectivity index (χ3v) is 5.05. The summed E-state index contributed by atoms with van der Waals surface area (Å²) in [6.07, 6.45) is 1.95. The Morgan fingerprint density at radius 2 is 1.96 bits per heavy atom. The maximum atomic E-state index is 12.9. The maximum Gasteiger partial charge on any atom is 0.322 e. The molecule has 2 aliphatic heterocycles. The van der Waals surface area contributed by atoms with Gasteiger partial charge in [-0.3, -0.25) is 0 Å². The average molecular weight is 368 g/mol. The molecule has 1 N–H and O–H groups in total. The third-order valence-electron chi connectivity index (χ3n) is 5.05. The van der Waals surface area contributed by atoms with Crippen LogP contribution in [0, 0.1) is 6.92 Å². The van der Waals surface area contributed by atoms with Gasteiger partial charge in [-0.25, -0.2) is 4.79 Å². The Bertz CT molecular complexity index is 835. The molecule has 6 nitrogen and oxygen atoms in total. The Morgan fingerprint density at radius 3 is 2.70 bits per heavy atom. The van der Waals surface area contributed by atoms with Crippen LogP contribution in [0.25, 0.3) is 0 Å². The summed E-state index contributed by atoms with van der Waals surface area (Å²) in [4.78, 5) is 14.8. The van der Waals surface area contributed by atoms with Crippen molar-refractivity contribution in [2.45, 2.75) is 32.7 Å². The van der Waals surface area contributed by atoms with Crippen LogP contribution in [0.3, 0.4) is 0 Å². The first kappa shape index (κ1) is 17.5. The zero-order valence-corrected chi connectivity index (χ0v) is 15.7. The molecule has 0 radical (unpaired) electrons. The largest absolute Gasteiger partial charge is 0.494 e. The number of urea groups is 1. The predicted octanol–water partition coefficient (Wildman–Crippen LogP) is 4.49. The number of nitrogens with zero attached hydrogens (tertiary/aromatic N) is 1. The van der Waals surface area contributed by atoms with Crippen LogP contribution >= 0.6 is 0 Å². The number of carbonyl (C=O) groups is 1. The Kier molecular flexibility index (Phi) is 4.79. The van der Waals surface area contributed by atoms with E-state index in [-0.39, 0.29) is 18.9 Å². The summed E-state index contributed by atoms with van der Waals surface area (Å²) in [7, 11) is 0. The van der Waals surface area contributed by atoms with Gasteiger partial charge < -0.3 is 24.4 Å². The Hall–Kier alpha value is -2.89. The van der Waals surface area contributed by atoms with Gasteiger partial charge >= 0.3 is 6.03 Å². The number of rotatable bonds is 4. The molecule has 0 saturated carbocycles. The molecule has 1 unspecified atom stereocenters. The van der Waals surface area contributed by atoms with E-state index < -0.39 is 0 Å². The molecule has 1 fully saturated rings. The molecule has 0 aliphatic carbocycles. The van der Waals surface area contributed by atoms with E-state index in [2.05, 4.69) is 5.32 Å². The first-order valence-electron chi connectivity index (χ1n) is 9.36. The summed E-state index contributed by atoms with van der Waals surface area (Å²) in [6, 6.07) is 11.7. The molecular formula is C21H24N2O4. The summed E-state index contributed by atoms with van der Waals surface area (Å²) in [6.45, 7) is 5.53. The van der Waals surface area contributed by atoms with Crippen LogP contribution in [0.2, 0.25) is 0 Å². The molecule has 0 bridgehead atoms. The molecule has 2 aliphatic rings. The molecule has 2 amide bonds. The molecule has 4 rings (SSSR count). The highest BCUT2D eigenvalue weighted by Crippen LogP contribution is 2.38. The van der Waals surface area contributed by atoms with Crippen molar-refractivity contribution < 1.29 is 19.0 Å². The van der Waals surface area contributed by atoms with Gasteiger partial charge in [-0.2, -0.15) is 0 Å². The highest BCUT2D eigenvalue weighted by atomic mass is 16.7. The van der Waals surface area contributed by atoms with Crippen LogP contribution in [-0.4, -0.2) is 30.9 Å². The van der Waals surface area contributed by atoms with E-state index in [1.165, 1.54) is 0 Å². The van der Waals surface area contributed by atoms with Crippen LogP contribution in [0.1, 0.15) is 36.9 Å². The highest BCUT2D eigenvalue weighted by molar-refractivity contribution is 5.91. The fourth-order valence-electron chi connectivity index (χ4n) is 3.67. The number of amides is 2. The second kappa shape index (κ2) is 7.39. The Balaban J connectivity index is 1.49. The number of nitrogens with one attached hydrogen (secondary N) is 1. The summed E-state index contributed by atoms with van der Waals surface area (Å²) < 4.78 is 16.3. The molecule has 1 saturated heterocycles. The first-order valence-corrected chi connectivity index (χ1v) is 9.36. The van der Waals surface area contributed by atoms with E-state index in [1.54, 1.807) is 0 Å². The third kappa shape index (κ3) is 3.52. The van der Waals surface area contributed by atoms with Crippen LogP contribution in [-0.2, 0) is 0 Å². The number of hydrogen-bond donors (Lipinski definition) is 1. The van der Waals surface area contributed by atoms with E-state index >= 15 is 0 Å². The standard InChI is InChI=1S/C21H24N2O4/c1-3-25-16-8-6-15(7-9-16)18-5-4-10-23(18)21(24)22-17-12-20-19(11-14(17)2)26-13-27-20/h6-9,11-12,18H,3-5,10,13H2,1-2H3,(H,22,24). The van der Waals surface area contributed by atoms with Crippen LogP contribution < -0.4 is 19.5 Å². The number of likely N-dealkylation sites (tertiary alicyclic amines) is 1. The maximum absolute atomic E-state index is 12.9. The number of carbonyl (C=O) groups excluding carboxylic acids is 1. The highest BCUT2D eigenvalue weighted by Gasteiger charge is 2.30. The van der Waals surface area contributed by atoms with E-state index in [4.69, 9.17) is 14.2 Å². The molecule has 2 heterocycles. The van der Waals surface area contributed by atoms with E-state index in [0.29, 0.717) is 12.4 Å². The minimum absolute atomic E-state index is 0.0787. The minimum atomic E-state index is -0.0895. The Morgan fingerprint density at radius 1 is 1.22 bits per heavy atom. The molecule has 0 spiro atoms. The second-order valence-electron chi connectivity index (χ2n) is 6.80. The van der Waals surface area contributed by atoms with Crippen molar-refractivity contribution in [1.82, 2.24) is 4.90 Å². The normalized spacial score (nSPS) is 17.9. The summed E-state index contributed by atoms with van der Waals surface area (Å²) in [5.74, 6) is 2.24. The lowest BCUT2D eigenvalue weighted by atomic mass is 10.0. The lowest BCUT2D eigenvalue weighted by molar-refractivity contribution is 0.174. The first-order chi connectivity index (χ1) is 13.2. The Labute approximate surface area is 159 Å². The van der Waals surface area contributed by atoms with E-state index in [9.17, 15) is 4.79 Å². The molecule has 142 valence electrons. The van der Waals surface area contributed by atoms with Crippen molar-refractivity contribution in [2.75, 3.05) is 25.3 Å². The van der Waals surface area contributed by atoms with Gasteiger partial charge in [0, 0.05) is 18.3 Å². The average Bonchev–Trinajstić information content (AvgIpc) is 3.32. The fraction of sp³-hybridized carbons (Fsp3) is 0.381. The number of aryl methyl sites for hydroxylation is 1. The fourth-order valence-corrected chi connectivity index (χ4v) is 3.67. The van der Waals surface area contributed by atoms with Crippen molar-refractivity contribution in [2.24, 2.45) is 0 Å². The summed E-state index contributed by atoms with van der Waals surface area (Å²) in [5.41, 5.74) is 2.83. The number of ether oxygens (including phenoxy) is 3. The lowest BCUT2D eigenvalue weighted by Gasteiger charge is -2.26. The van der Waals surface area contributed by atoms with Gasteiger partial charge in [0.05, 0.1) is 12.6 Å². The number of anilines is 1. The smallest absolute Gasteiger partial charge is 0.322 e. The van der Waals surface area contributed by atoms with Crippen LogP contribution in [0.5, 0.6) is 17.2 Å². The van der Waals surface area contributed by atoms with Crippen molar-refractivity contribution in [3.63, 3.8) is 0 Å². The lowest BCUT2D eigenvalue weighted by Crippen LogP contribution is -2.34. The molecule has 1 atom stereocenters. The second-order valence-corrected chi connectivity index (χ2v) is 6.80. The van der Waals surface area contributed by atoms with Crippen molar-refractivity contribution in [3.8, 4) is 17.2 Å². The molecule has 0 aromatic heterocycles. The molecule has 2 aromatic rings. The SMILES string of the molecule is CCOc1ccc(C2CCCN2C(=O)Nc2cc3c(cc2C)OCO3)cc1. The van der Waals surface area contributed by atoms with E-state index in [1.807, 2.05) is 55.1 Å². The van der Waals surface area contributed by atoms with E-state index in [0.717, 1.165) is 47.7 Å². The summed E-state index contributed by atoms with van der Waals surface area (Å²) >= 11 is 0. The monoisotopic (exact) mass is 368 g/mol. The predicted molar refractivity (Wildman–Crippen MR) is 103 cm³/mol. The van der Waals surface area contributed by atoms with Crippen LogP contribution in [0.4, 0.5) is 10.5 Å². The molecule has 6 heteroatoms. The zero-order chi connectivity index (χ0) is 18.8. The van der Waals surface area contributed by atoms with Gasteiger partial charge in [0.1, 0.15) is 5.75 Å². The van der Waals surface area contributed by atoms with Crippen molar-refractivity contribution in [1.29, 1.82) is 0 Å². The van der Waals surface area contributed by atoms with Crippen LogP contribution in [0.15, 0.2) is 36.4 Å². The quantitative estimate of drug-likeness (QED) is 0.864. The number of benzene rings is 2. The number of hydrogen-bond acceptors (Lipinski definition) is 4. The number of fused-ring (bicyclic) bond motifs is 1. The van der Waals surface area contributed by atoms with Crippen molar-refractivity contribution >= 4 is 11.7 Å². The summed E-state index contributed by atoms with van der Waals surface area (Å²) in [5, 5.41) is 3.04. The van der Waals surface area contributed by atoms with Gasteiger partial charge in [-0.15, -0.1) is 0 Å². The topological polar surface area (TPSA) is 60.0 Å². The molecule has 2 aromatic carbocycles. The zero-order valence-electron chi connectivity index (χ0n) is 15.7. The minimum Gasteiger partial charge on any atom is -0.494 e. The van der Waals surface area contributed by atoms with Gasteiger partial charge in [0.2, 0.25) is 6.79 Å². The van der Waals surface area contributed by atoms with Gasteiger partial charge in [0.25, 0.3) is 0 Å². The molecule has 27 heavy (non-hydrogen) atoms. The van der Waals surface area contributed by atoms with Crippen molar-refractivity contribution in [3.05, 3.63) is 47.5 Å². The van der Waals surface area contributed by atoms with Gasteiger partial charge in [0.15, 0.2) is 11.5 Å². The van der Waals surface area contributed by atoms with Gasteiger partial charge in [-0.05, 0) is 56.0 Å². The molecular weight excluding hydrogens is 344 g/mol. The van der Waals surface area contributed by atoms with Gasteiger partial charge in [-0.1, -0.05) is 12.1 Å².